The standard InChI is InChI=1S/C8H9NO9S/c10-5-3-4(19(15,16)17)8(14)9(5)18-7(13)2-1-6(11)12/h3,10,14H,1-2H2,(H,11,12)(H,15,16,17). The van der Waals surface area contributed by atoms with Gasteiger partial charge < -0.3 is 20.2 Å². The van der Waals surface area contributed by atoms with Crippen LogP contribution >= 0.6 is 0 Å². The average molecular weight is 295 g/mol. The Balaban J connectivity index is 2.94. The fourth-order valence-corrected chi connectivity index (χ4v) is 1.65. The number of carbonyl (C=O) groups is 2. The van der Waals surface area contributed by atoms with Crippen LogP contribution in [-0.4, -0.2) is 45.0 Å². The van der Waals surface area contributed by atoms with Crippen LogP contribution in [0, 0.1) is 0 Å². The maximum Gasteiger partial charge on any atom is 0.333 e. The summed E-state index contributed by atoms with van der Waals surface area (Å²) in [5.74, 6) is -4.58. The van der Waals surface area contributed by atoms with E-state index in [1.165, 1.54) is 0 Å². The second-order valence-corrected chi connectivity index (χ2v) is 4.71. The molecule has 0 aliphatic heterocycles. The van der Waals surface area contributed by atoms with E-state index in [0.717, 1.165) is 0 Å². The van der Waals surface area contributed by atoms with Gasteiger partial charge in [0.05, 0.1) is 12.8 Å². The van der Waals surface area contributed by atoms with E-state index in [9.17, 15) is 28.2 Å². The van der Waals surface area contributed by atoms with Crippen LogP contribution < -0.4 is 4.84 Å². The molecule has 0 aliphatic carbocycles. The van der Waals surface area contributed by atoms with Gasteiger partial charge in [-0.1, -0.05) is 0 Å². The molecular weight excluding hydrogens is 286 g/mol. The molecule has 0 saturated heterocycles. The van der Waals surface area contributed by atoms with E-state index in [0.29, 0.717) is 6.07 Å². The van der Waals surface area contributed by atoms with Crippen molar-refractivity contribution in [3.05, 3.63) is 6.07 Å². The summed E-state index contributed by atoms with van der Waals surface area (Å²) in [6, 6.07) is 0.454. The van der Waals surface area contributed by atoms with Crippen LogP contribution in [0.2, 0.25) is 0 Å². The Bertz CT molecular complexity index is 614. The highest BCUT2D eigenvalue weighted by Crippen LogP contribution is 2.29. The SMILES string of the molecule is O=C(O)CCC(=O)On1c(O)cc(S(=O)(=O)O)c1O. The van der Waals surface area contributed by atoms with E-state index in [1.807, 2.05) is 0 Å². The molecular formula is C8H9NO9S. The normalized spacial score (nSPS) is 11.2. The van der Waals surface area contributed by atoms with Gasteiger partial charge in [-0.2, -0.15) is 8.42 Å². The number of hydrogen-bond donors (Lipinski definition) is 4. The number of carboxylic acids is 1. The van der Waals surface area contributed by atoms with E-state index < -0.39 is 51.6 Å². The van der Waals surface area contributed by atoms with Crippen LogP contribution in [-0.2, 0) is 19.7 Å². The largest absolute Gasteiger partial charge is 0.492 e. The number of aromatic hydroxyl groups is 2. The minimum atomic E-state index is -4.81. The summed E-state index contributed by atoms with van der Waals surface area (Å²) in [7, 11) is -4.81. The molecule has 11 heteroatoms. The fourth-order valence-electron chi connectivity index (χ4n) is 1.09. The predicted molar refractivity (Wildman–Crippen MR) is 56.0 cm³/mol. The molecule has 1 aromatic heterocycles. The lowest BCUT2D eigenvalue weighted by molar-refractivity contribution is -0.149. The van der Waals surface area contributed by atoms with Crippen molar-refractivity contribution in [1.82, 2.24) is 4.73 Å². The molecule has 1 aromatic rings. The molecule has 4 N–H and O–H groups in total. The Morgan fingerprint density at radius 1 is 1.26 bits per heavy atom. The first-order chi connectivity index (χ1) is 8.62. The third-order valence-electron chi connectivity index (χ3n) is 1.90. The van der Waals surface area contributed by atoms with Crippen LogP contribution in [0.5, 0.6) is 11.8 Å². The third-order valence-corrected chi connectivity index (χ3v) is 2.75. The first-order valence-electron chi connectivity index (χ1n) is 4.67. The molecule has 19 heavy (non-hydrogen) atoms. The van der Waals surface area contributed by atoms with Gasteiger partial charge in [-0.25, -0.2) is 4.79 Å². The summed E-state index contributed by atoms with van der Waals surface area (Å²) >= 11 is 0. The van der Waals surface area contributed by atoms with Crippen molar-refractivity contribution in [2.45, 2.75) is 17.7 Å². The molecule has 10 nitrogen and oxygen atoms in total. The van der Waals surface area contributed by atoms with E-state index in [4.69, 9.17) is 9.66 Å². The predicted octanol–water partition coefficient (Wildman–Crippen LogP) is -1.03. The van der Waals surface area contributed by atoms with Gasteiger partial charge in [-0.3, -0.25) is 9.35 Å². The zero-order valence-corrected chi connectivity index (χ0v) is 9.99. The van der Waals surface area contributed by atoms with Crippen molar-refractivity contribution in [3.8, 4) is 11.8 Å². The highest BCUT2D eigenvalue weighted by Gasteiger charge is 2.25. The Kier molecular flexibility index (Phi) is 4.01. The number of carboxylic acid groups (broad SMARTS) is 1. The van der Waals surface area contributed by atoms with Gasteiger partial charge in [0.1, 0.15) is 0 Å². The van der Waals surface area contributed by atoms with Gasteiger partial charge in [-0.15, -0.1) is 4.73 Å². The number of rotatable bonds is 5. The average Bonchev–Trinajstić information content (AvgIpc) is 2.54. The number of aliphatic carboxylic acids is 1. The van der Waals surface area contributed by atoms with Gasteiger partial charge in [-0.05, 0) is 0 Å². The zero-order valence-electron chi connectivity index (χ0n) is 9.18. The number of hydrogen-bond acceptors (Lipinski definition) is 7. The molecule has 0 radical (unpaired) electrons. The first kappa shape index (κ1) is 14.8. The molecule has 0 unspecified atom stereocenters. The molecule has 0 bridgehead atoms. The molecule has 0 fully saturated rings. The Hall–Kier alpha value is -2.27. The Labute approximate surface area is 106 Å². The highest BCUT2D eigenvalue weighted by atomic mass is 32.2. The molecule has 1 rings (SSSR count). The van der Waals surface area contributed by atoms with Crippen molar-refractivity contribution < 1.29 is 42.7 Å². The van der Waals surface area contributed by atoms with E-state index >= 15 is 0 Å². The monoisotopic (exact) mass is 295 g/mol. The van der Waals surface area contributed by atoms with Crippen molar-refractivity contribution >= 4 is 22.1 Å². The molecule has 0 aromatic carbocycles. The summed E-state index contributed by atoms with van der Waals surface area (Å²) in [5, 5.41) is 26.9. The quantitative estimate of drug-likeness (QED) is 0.497. The molecule has 0 amide bonds. The van der Waals surface area contributed by atoms with Crippen LogP contribution in [0.4, 0.5) is 0 Å². The molecule has 1 heterocycles. The summed E-state index contributed by atoms with van der Waals surface area (Å²) in [6.07, 6.45) is -1.11. The van der Waals surface area contributed by atoms with Gasteiger partial charge >= 0.3 is 11.9 Å². The van der Waals surface area contributed by atoms with Crippen LogP contribution in [0.25, 0.3) is 0 Å². The second-order valence-electron chi connectivity index (χ2n) is 3.32. The Morgan fingerprint density at radius 2 is 1.84 bits per heavy atom. The van der Waals surface area contributed by atoms with Crippen LogP contribution in [0.3, 0.4) is 0 Å². The molecule has 0 spiro atoms. The van der Waals surface area contributed by atoms with Crippen molar-refractivity contribution in [2.24, 2.45) is 0 Å². The van der Waals surface area contributed by atoms with Gasteiger partial charge in [0, 0.05) is 6.07 Å². The van der Waals surface area contributed by atoms with Crippen molar-refractivity contribution in [2.75, 3.05) is 0 Å². The number of aromatic nitrogens is 1. The number of carbonyl (C=O) groups excluding carboxylic acids is 1. The Morgan fingerprint density at radius 3 is 2.26 bits per heavy atom. The minimum absolute atomic E-state index is 0.0489. The molecule has 0 saturated carbocycles. The lowest BCUT2D eigenvalue weighted by atomic mass is 10.3. The lowest BCUT2D eigenvalue weighted by Crippen LogP contribution is -2.19. The van der Waals surface area contributed by atoms with Crippen molar-refractivity contribution in [1.29, 1.82) is 0 Å². The maximum absolute atomic E-state index is 11.1. The second kappa shape index (κ2) is 5.16. The highest BCUT2D eigenvalue weighted by molar-refractivity contribution is 7.86. The maximum atomic E-state index is 11.1. The first-order valence-corrected chi connectivity index (χ1v) is 6.11. The zero-order chi connectivity index (χ0) is 14.8. The topological polar surface area (TPSA) is 163 Å². The molecule has 0 atom stereocenters. The minimum Gasteiger partial charge on any atom is -0.492 e. The molecule has 0 aliphatic rings. The van der Waals surface area contributed by atoms with E-state index in [2.05, 4.69) is 4.84 Å². The lowest BCUT2D eigenvalue weighted by Gasteiger charge is -2.06. The van der Waals surface area contributed by atoms with Gasteiger partial charge in [0.15, 0.2) is 4.90 Å². The third kappa shape index (κ3) is 3.59. The fraction of sp³-hybridized carbons (Fsp3) is 0.250. The van der Waals surface area contributed by atoms with Crippen LogP contribution in [0.1, 0.15) is 12.8 Å². The summed E-state index contributed by atoms with van der Waals surface area (Å²) in [6.45, 7) is 0. The van der Waals surface area contributed by atoms with E-state index in [-0.39, 0.29) is 4.73 Å². The van der Waals surface area contributed by atoms with Gasteiger partial charge in [0.25, 0.3) is 16.0 Å². The summed E-state index contributed by atoms with van der Waals surface area (Å²) < 4.78 is 30.3. The van der Waals surface area contributed by atoms with Crippen molar-refractivity contribution in [3.63, 3.8) is 0 Å². The smallest absolute Gasteiger partial charge is 0.333 e. The molecule has 106 valence electrons. The van der Waals surface area contributed by atoms with Gasteiger partial charge in [0.2, 0.25) is 5.88 Å². The summed E-state index contributed by atoms with van der Waals surface area (Å²) in [4.78, 5) is 24.6. The summed E-state index contributed by atoms with van der Waals surface area (Å²) in [5.41, 5.74) is 0. The number of nitrogens with zero attached hydrogens (tertiary/aromatic N) is 1. The van der Waals surface area contributed by atoms with E-state index in [1.54, 1.807) is 0 Å². The van der Waals surface area contributed by atoms with Crippen LogP contribution in [0.15, 0.2) is 11.0 Å².